The molecular formula is C11H14N4. The predicted octanol–water partition coefficient (Wildman–Crippen LogP) is 1.63. The molecule has 1 heterocycles. The third-order valence-electron chi connectivity index (χ3n) is 2.65. The van der Waals surface area contributed by atoms with Crippen LogP contribution in [0.2, 0.25) is 0 Å². The van der Waals surface area contributed by atoms with Crippen LogP contribution in [0, 0.1) is 5.41 Å². The Balaban J connectivity index is 2.28. The molecule has 0 saturated heterocycles. The maximum atomic E-state index is 8.03. The van der Waals surface area contributed by atoms with Crippen LogP contribution in [0.25, 0.3) is 0 Å². The maximum Gasteiger partial charge on any atom is 0.116 e. The molecular weight excluding hydrogens is 188 g/mol. The Morgan fingerprint density at radius 2 is 2.13 bits per heavy atom. The number of nitrogens with zero attached hydrogens (tertiary/aromatic N) is 2. The van der Waals surface area contributed by atoms with Gasteiger partial charge in [0.2, 0.25) is 0 Å². The Bertz CT molecular complexity index is 394. The molecule has 0 spiro atoms. The molecule has 2 rings (SSSR count). The summed E-state index contributed by atoms with van der Waals surface area (Å²) in [7, 11) is 0. The minimum atomic E-state index is 0.453. The monoisotopic (exact) mass is 202 g/mol. The van der Waals surface area contributed by atoms with E-state index < -0.39 is 0 Å². The summed E-state index contributed by atoms with van der Waals surface area (Å²) in [5.74, 6) is 0. The van der Waals surface area contributed by atoms with E-state index in [2.05, 4.69) is 9.97 Å². The van der Waals surface area contributed by atoms with Gasteiger partial charge in [0.05, 0.1) is 11.4 Å². The largest absolute Gasteiger partial charge is 0.402 e. The van der Waals surface area contributed by atoms with E-state index in [1.807, 2.05) is 0 Å². The lowest BCUT2D eigenvalue weighted by Crippen LogP contribution is -2.16. The quantitative estimate of drug-likeness (QED) is 0.716. The number of rotatable bonds is 2. The van der Waals surface area contributed by atoms with Gasteiger partial charge in [-0.1, -0.05) is 0 Å². The lowest BCUT2D eigenvalue weighted by molar-refractivity contribution is 0.682. The smallest absolute Gasteiger partial charge is 0.116 e. The highest BCUT2D eigenvalue weighted by Crippen LogP contribution is 2.23. The molecule has 0 fully saturated rings. The van der Waals surface area contributed by atoms with Crippen molar-refractivity contribution in [2.45, 2.75) is 25.7 Å². The van der Waals surface area contributed by atoms with Gasteiger partial charge >= 0.3 is 0 Å². The highest BCUT2D eigenvalue weighted by atomic mass is 14.8. The van der Waals surface area contributed by atoms with Crippen LogP contribution in [0.1, 0.15) is 31.4 Å². The second-order valence-electron chi connectivity index (χ2n) is 3.68. The second-order valence-corrected chi connectivity index (χ2v) is 3.68. The molecule has 1 aromatic rings. The fourth-order valence-electron chi connectivity index (χ4n) is 1.81. The minimum Gasteiger partial charge on any atom is -0.402 e. The van der Waals surface area contributed by atoms with Gasteiger partial charge in [0.1, 0.15) is 6.33 Å². The third-order valence-corrected chi connectivity index (χ3v) is 2.65. The van der Waals surface area contributed by atoms with Crippen molar-refractivity contribution in [1.82, 2.24) is 9.97 Å². The van der Waals surface area contributed by atoms with E-state index in [0.717, 1.165) is 37.0 Å². The highest BCUT2D eigenvalue weighted by molar-refractivity contribution is 6.09. The van der Waals surface area contributed by atoms with Crippen molar-refractivity contribution in [2.75, 3.05) is 0 Å². The Hall–Kier alpha value is -1.71. The Morgan fingerprint density at radius 3 is 2.80 bits per heavy atom. The average Bonchev–Trinajstić information content (AvgIpc) is 2.30. The van der Waals surface area contributed by atoms with Gasteiger partial charge < -0.3 is 5.73 Å². The first-order chi connectivity index (χ1) is 7.29. The molecule has 0 atom stereocenters. The van der Waals surface area contributed by atoms with Crippen molar-refractivity contribution in [3.63, 3.8) is 0 Å². The SMILES string of the molecule is N=C(C1=C(N)CCCC1)c1ccncn1. The number of hydrogen-bond acceptors (Lipinski definition) is 4. The Labute approximate surface area is 88.8 Å². The molecule has 3 N–H and O–H groups in total. The lowest BCUT2D eigenvalue weighted by Gasteiger charge is -2.17. The molecule has 4 heteroatoms. The summed E-state index contributed by atoms with van der Waals surface area (Å²) in [6.45, 7) is 0. The number of nitrogens with one attached hydrogen (secondary N) is 1. The van der Waals surface area contributed by atoms with Crippen LogP contribution in [-0.2, 0) is 0 Å². The molecule has 4 nitrogen and oxygen atoms in total. The molecule has 0 saturated carbocycles. The van der Waals surface area contributed by atoms with Crippen LogP contribution in [0.3, 0.4) is 0 Å². The summed E-state index contributed by atoms with van der Waals surface area (Å²) in [4.78, 5) is 7.90. The van der Waals surface area contributed by atoms with Gasteiger partial charge in [-0.25, -0.2) is 9.97 Å². The summed E-state index contributed by atoms with van der Waals surface area (Å²) in [5, 5.41) is 8.03. The van der Waals surface area contributed by atoms with Crippen LogP contribution >= 0.6 is 0 Å². The van der Waals surface area contributed by atoms with E-state index >= 15 is 0 Å². The van der Waals surface area contributed by atoms with Gasteiger partial charge in [-0.15, -0.1) is 0 Å². The van der Waals surface area contributed by atoms with Crippen LogP contribution < -0.4 is 5.73 Å². The summed E-state index contributed by atoms with van der Waals surface area (Å²) in [6, 6.07) is 1.75. The number of hydrogen-bond donors (Lipinski definition) is 2. The van der Waals surface area contributed by atoms with E-state index in [4.69, 9.17) is 11.1 Å². The highest BCUT2D eigenvalue weighted by Gasteiger charge is 2.16. The lowest BCUT2D eigenvalue weighted by atomic mass is 9.92. The molecule has 0 radical (unpaired) electrons. The zero-order valence-corrected chi connectivity index (χ0v) is 8.53. The number of nitrogens with two attached hydrogens (primary N) is 1. The fourth-order valence-corrected chi connectivity index (χ4v) is 1.81. The first-order valence-electron chi connectivity index (χ1n) is 5.12. The summed E-state index contributed by atoms with van der Waals surface area (Å²) < 4.78 is 0. The van der Waals surface area contributed by atoms with E-state index in [1.54, 1.807) is 12.3 Å². The van der Waals surface area contributed by atoms with Crippen LogP contribution in [-0.4, -0.2) is 15.7 Å². The molecule has 1 aliphatic carbocycles. The van der Waals surface area contributed by atoms with Gasteiger partial charge in [-0.2, -0.15) is 0 Å². The molecule has 1 aliphatic rings. The molecule has 0 unspecified atom stereocenters. The predicted molar refractivity (Wildman–Crippen MR) is 58.5 cm³/mol. The Kier molecular flexibility index (Phi) is 2.76. The van der Waals surface area contributed by atoms with Crippen LogP contribution in [0.15, 0.2) is 29.9 Å². The van der Waals surface area contributed by atoms with Crippen molar-refractivity contribution in [2.24, 2.45) is 5.73 Å². The summed E-state index contributed by atoms with van der Waals surface area (Å²) in [6.07, 6.45) is 7.16. The van der Waals surface area contributed by atoms with Crippen LogP contribution in [0.4, 0.5) is 0 Å². The molecule has 15 heavy (non-hydrogen) atoms. The zero-order valence-electron chi connectivity index (χ0n) is 8.53. The van der Waals surface area contributed by atoms with Crippen molar-refractivity contribution >= 4 is 5.71 Å². The first kappa shape index (κ1) is 9.83. The van der Waals surface area contributed by atoms with Gasteiger partial charge in [0, 0.05) is 11.9 Å². The van der Waals surface area contributed by atoms with E-state index in [9.17, 15) is 0 Å². The minimum absolute atomic E-state index is 0.453. The first-order valence-corrected chi connectivity index (χ1v) is 5.12. The van der Waals surface area contributed by atoms with Gasteiger partial charge in [-0.05, 0) is 37.3 Å². The normalized spacial score (nSPS) is 16.5. The van der Waals surface area contributed by atoms with Crippen molar-refractivity contribution in [3.8, 4) is 0 Å². The molecule has 0 aliphatic heterocycles. The number of aromatic nitrogens is 2. The molecule has 0 bridgehead atoms. The number of allylic oxidation sites excluding steroid dienone is 2. The van der Waals surface area contributed by atoms with Gasteiger partial charge in [-0.3, -0.25) is 5.41 Å². The molecule has 0 aromatic carbocycles. The van der Waals surface area contributed by atoms with Gasteiger partial charge in [0.25, 0.3) is 0 Å². The van der Waals surface area contributed by atoms with Crippen molar-refractivity contribution < 1.29 is 0 Å². The maximum absolute atomic E-state index is 8.03. The fraction of sp³-hybridized carbons (Fsp3) is 0.364. The standard InChI is InChI=1S/C11H14N4/c12-9-4-2-1-3-8(9)11(13)10-5-6-14-7-15-10/h5-7,13H,1-4,12H2. The topological polar surface area (TPSA) is 75.7 Å². The van der Waals surface area contributed by atoms with Crippen molar-refractivity contribution in [1.29, 1.82) is 5.41 Å². The average molecular weight is 202 g/mol. The molecule has 0 amide bonds. The molecule has 1 aromatic heterocycles. The molecule has 78 valence electrons. The van der Waals surface area contributed by atoms with E-state index in [1.165, 1.54) is 6.33 Å². The van der Waals surface area contributed by atoms with Gasteiger partial charge in [0.15, 0.2) is 0 Å². The summed E-state index contributed by atoms with van der Waals surface area (Å²) >= 11 is 0. The van der Waals surface area contributed by atoms with Crippen LogP contribution in [0.5, 0.6) is 0 Å². The van der Waals surface area contributed by atoms with E-state index in [0.29, 0.717) is 11.4 Å². The third kappa shape index (κ3) is 2.03. The Morgan fingerprint density at radius 1 is 1.33 bits per heavy atom. The van der Waals surface area contributed by atoms with E-state index in [-0.39, 0.29) is 0 Å². The second kappa shape index (κ2) is 4.21. The summed E-state index contributed by atoms with van der Waals surface area (Å²) in [5.41, 5.74) is 8.83. The zero-order chi connectivity index (χ0) is 10.7. The van der Waals surface area contributed by atoms with Crippen molar-refractivity contribution in [3.05, 3.63) is 35.6 Å².